The maximum absolute atomic E-state index is 12.4. The van der Waals surface area contributed by atoms with E-state index in [2.05, 4.69) is 20.8 Å². The first kappa shape index (κ1) is 21.0. The van der Waals surface area contributed by atoms with Crippen molar-refractivity contribution >= 4 is 56.5 Å². The molecule has 1 aromatic heterocycles. The number of amides is 2. The zero-order chi connectivity index (χ0) is 21.8. The fraction of sp³-hybridized carbons (Fsp3) is 0.130. The summed E-state index contributed by atoms with van der Waals surface area (Å²) in [5.41, 5.74) is 3.54. The van der Waals surface area contributed by atoms with Crippen LogP contribution >= 0.6 is 23.1 Å². The summed E-state index contributed by atoms with van der Waals surface area (Å²) < 4.78 is 0.614. The molecule has 0 aliphatic heterocycles. The molecule has 0 atom stereocenters. The van der Waals surface area contributed by atoms with Crippen molar-refractivity contribution in [3.8, 4) is 0 Å². The Morgan fingerprint density at radius 3 is 2.58 bits per heavy atom. The van der Waals surface area contributed by atoms with E-state index in [4.69, 9.17) is 0 Å². The van der Waals surface area contributed by atoms with Crippen LogP contribution < -0.4 is 10.6 Å². The van der Waals surface area contributed by atoms with Crippen LogP contribution in [0.5, 0.6) is 0 Å². The molecule has 0 saturated heterocycles. The SMILES string of the molecule is Cc1ccc(C(=O)Nc2nnc(SCC(=O)Nc3cccc4ccccc34)s2)cc1C. The number of carbonyl (C=O) groups excluding carboxylic acids is 2. The number of aryl methyl sites for hydroxylation is 2. The van der Waals surface area contributed by atoms with E-state index in [-0.39, 0.29) is 17.6 Å². The number of aromatic nitrogens is 2. The molecule has 4 aromatic rings. The van der Waals surface area contributed by atoms with Crippen LogP contribution in [0.15, 0.2) is 65.0 Å². The normalized spacial score (nSPS) is 10.8. The van der Waals surface area contributed by atoms with Gasteiger partial charge in [-0.25, -0.2) is 0 Å². The fourth-order valence-corrected chi connectivity index (χ4v) is 4.57. The van der Waals surface area contributed by atoms with Gasteiger partial charge in [0.05, 0.1) is 5.75 Å². The Labute approximate surface area is 188 Å². The Morgan fingerprint density at radius 1 is 0.935 bits per heavy atom. The lowest BCUT2D eigenvalue weighted by Gasteiger charge is -2.08. The van der Waals surface area contributed by atoms with Gasteiger partial charge in [0, 0.05) is 16.6 Å². The largest absolute Gasteiger partial charge is 0.325 e. The summed E-state index contributed by atoms with van der Waals surface area (Å²) in [6.07, 6.45) is 0. The highest BCUT2D eigenvalue weighted by molar-refractivity contribution is 8.01. The van der Waals surface area contributed by atoms with Gasteiger partial charge in [-0.15, -0.1) is 10.2 Å². The van der Waals surface area contributed by atoms with Crippen LogP contribution in [0.25, 0.3) is 10.8 Å². The minimum Gasteiger partial charge on any atom is -0.325 e. The predicted molar refractivity (Wildman–Crippen MR) is 127 cm³/mol. The number of anilines is 2. The minimum absolute atomic E-state index is 0.128. The Bertz CT molecular complexity index is 1260. The van der Waals surface area contributed by atoms with Crippen LogP contribution in [0.1, 0.15) is 21.5 Å². The molecular weight excluding hydrogens is 428 g/mol. The van der Waals surface area contributed by atoms with E-state index < -0.39 is 0 Å². The second kappa shape index (κ2) is 9.28. The number of benzene rings is 3. The standard InChI is InChI=1S/C23H20N4O2S2/c1-14-10-11-17(12-15(14)2)21(29)25-22-26-27-23(31-22)30-13-20(28)24-19-9-5-7-16-6-3-4-8-18(16)19/h3-12H,13H2,1-2H3,(H,24,28)(H,25,26,29). The first-order valence-corrected chi connectivity index (χ1v) is 11.4. The van der Waals surface area contributed by atoms with Gasteiger partial charge in [-0.05, 0) is 48.6 Å². The summed E-state index contributed by atoms with van der Waals surface area (Å²) in [7, 11) is 0. The summed E-state index contributed by atoms with van der Waals surface area (Å²) in [4.78, 5) is 24.8. The molecule has 6 nitrogen and oxygen atoms in total. The molecule has 0 fully saturated rings. The third-order valence-corrected chi connectivity index (χ3v) is 6.76. The Kier molecular flexibility index (Phi) is 6.29. The van der Waals surface area contributed by atoms with Crippen LogP contribution in [0.4, 0.5) is 10.8 Å². The topological polar surface area (TPSA) is 84.0 Å². The van der Waals surface area contributed by atoms with E-state index >= 15 is 0 Å². The minimum atomic E-state index is -0.232. The number of carbonyl (C=O) groups is 2. The molecule has 0 saturated carbocycles. The average Bonchev–Trinajstić information content (AvgIpc) is 3.22. The van der Waals surface area contributed by atoms with Gasteiger partial charge in [0.15, 0.2) is 4.34 Å². The van der Waals surface area contributed by atoms with Gasteiger partial charge in [-0.1, -0.05) is 65.6 Å². The zero-order valence-corrected chi connectivity index (χ0v) is 18.6. The van der Waals surface area contributed by atoms with E-state index in [9.17, 15) is 9.59 Å². The lowest BCUT2D eigenvalue weighted by molar-refractivity contribution is -0.113. The number of nitrogens with one attached hydrogen (secondary N) is 2. The molecule has 2 N–H and O–H groups in total. The summed E-state index contributed by atoms with van der Waals surface area (Å²) in [6.45, 7) is 3.97. The molecule has 0 radical (unpaired) electrons. The quantitative estimate of drug-likeness (QED) is 0.309. The Hall–Kier alpha value is -3.23. The van der Waals surface area contributed by atoms with Gasteiger partial charge < -0.3 is 5.32 Å². The highest BCUT2D eigenvalue weighted by Gasteiger charge is 2.13. The maximum atomic E-state index is 12.4. The molecule has 0 unspecified atom stereocenters. The van der Waals surface area contributed by atoms with Crippen molar-refractivity contribution in [2.45, 2.75) is 18.2 Å². The molecule has 1 heterocycles. The number of fused-ring (bicyclic) bond motifs is 1. The molecular formula is C23H20N4O2S2. The first-order valence-electron chi connectivity index (χ1n) is 9.62. The number of hydrogen-bond acceptors (Lipinski definition) is 6. The van der Waals surface area contributed by atoms with E-state index in [1.807, 2.05) is 68.4 Å². The highest BCUT2D eigenvalue weighted by Crippen LogP contribution is 2.27. The van der Waals surface area contributed by atoms with Gasteiger partial charge in [-0.2, -0.15) is 0 Å². The van der Waals surface area contributed by atoms with Gasteiger partial charge >= 0.3 is 0 Å². The highest BCUT2D eigenvalue weighted by atomic mass is 32.2. The van der Waals surface area contributed by atoms with Gasteiger partial charge in [0.25, 0.3) is 5.91 Å². The molecule has 8 heteroatoms. The number of rotatable bonds is 6. The van der Waals surface area contributed by atoms with Crippen molar-refractivity contribution in [3.63, 3.8) is 0 Å². The van der Waals surface area contributed by atoms with Crippen molar-refractivity contribution < 1.29 is 9.59 Å². The molecule has 31 heavy (non-hydrogen) atoms. The number of nitrogens with zero attached hydrogens (tertiary/aromatic N) is 2. The van der Waals surface area contributed by atoms with Gasteiger partial charge in [-0.3, -0.25) is 14.9 Å². The smallest absolute Gasteiger partial charge is 0.257 e. The monoisotopic (exact) mass is 448 g/mol. The van der Waals surface area contributed by atoms with E-state index in [0.29, 0.717) is 15.0 Å². The van der Waals surface area contributed by atoms with Crippen LogP contribution in [0.2, 0.25) is 0 Å². The van der Waals surface area contributed by atoms with Crippen molar-refractivity contribution in [2.75, 3.05) is 16.4 Å². The molecule has 0 aliphatic rings. The third kappa shape index (κ3) is 5.10. The van der Waals surface area contributed by atoms with Gasteiger partial charge in [0.2, 0.25) is 11.0 Å². The molecule has 3 aromatic carbocycles. The van der Waals surface area contributed by atoms with Crippen LogP contribution in [0, 0.1) is 13.8 Å². The molecule has 2 amide bonds. The lowest BCUT2D eigenvalue weighted by atomic mass is 10.1. The van der Waals surface area contributed by atoms with Crippen LogP contribution in [0.3, 0.4) is 0 Å². The third-order valence-electron chi connectivity index (χ3n) is 4.79. The van der Waals surface area contributed by atoms with Crippen LogP contribution in [-0.2, 0) is 4.79 Å². The number of thioether (sulfide) groups is 1. The van der Waals surface area contributed by atoms with Gasteiger partial charge in [0.1, 0.15) is 0 Å². The first-order chi connectivity index (χ1) is 15.0. The fourth-order valence-electron chi connectivity index (χ4n) is 3.02. The van der Waals surface area contributed by atoms with Crippen molar-refractivity contribution in [3.05, 3.63) is 77.4 Å². The summed E-state index contributed by atoms with van der Waals surface area (Å²) in [6, 6.07) is 19.3. The lowest BCUT2D eigenvalue weighted by Crippen LogP contribution is -2.14. The zero-order valence-electron chi connectivity index (χ0n) is 17.0. The molecule has 4 rings (SSSR count). The van der Waals surface area contributed by atoms with E-state index in [0.717, 1.165) is 27.6 Å². The van der Waals surface area contributed by atoms with Crippen molar-refractivity contribution in [2.24, 2.45) is 0 Å². The summed E-state index contributed by atoms with van der Waals surface area (Å²) >= 11 is 2.53. The molecule has 156 valence electrons. The Balaban J connectivity index is 1.34. The van der Waals surface area contributed by atoms with Crippen molar-refractivity contribution in [1.29, 1.82) is 0 Å². The van der Waals surface area contributed by atoms with Crippen LogP contribution in [-0.4, -0.2) is 27.8 Å². The molecule has 0 spiro atoms. The van der Waals surface area contributed by atoms with E-state index in [1.54, 1.807) is 6.07 Å². The second-order valence-corrected chi connectivity index (χ2v) is 9.19. The summed E-state index contributed by atoms with van der Waals surface area (Å²) in [5, 5.41) is 16.3. The predicted octanol–water partition coefficient (Wildman–Crippen LogP) is 5.29. The number of hydrogen-bond donors (Lipinski definition) is 2. The molecule has 0 aliphatic carbocycles. The average molecular weight is 449 g/mol. The molecule has 0 bridgehead atoms. The maximum Gasteiger partial charge on any atom is 0.257 e. The second-order valence-electron chi connectivity index (χ2n) is 6.99. The van der Waals surface area contributed by atoms with E-state index in [1.165, 1.54) is 23.1 Å². The Morgan fingerprint density at radius 2 is 1.74 bits per heavy atom. The summed E-state index contributed by atoms with van der Waals surface area (Å²) in [5.74, 6) is -0.162. The van der Waals surface area contributed by atoms with Crippen molar-refractivity contribution in [1.82, 2.24) is 10.2 Å².